The van der Waals surface area contributed by atoms with Gasteiger partial charge in [0.15, 0.2) is 5.16 Å². The summed E-state index contributed by atoms with van der Waals surface area (Å²) in [5.41, 5.74) is 4.89. The van der Waals surface area contributed by atoms with Crippen molar-refractivity contribution in [2.24, 2.45) is 0 Å². The Morgan fingerprint density at radius 2 is 1.62 bits per heavy atom. The summed E-state index contributed by atoms with van der Waals surface area (Å²) in [7, 11) is 0. The second-order valence-corrected chi connectivity index (χ2v) is 12.4. The molecule has 1 amide bonds. The zero-order chi connectivity index (χ0) is 29.1. The SMILES string of the molecule is CC(=O)C1(c2ccccc2)CCN(c2cc(Cl)nc(SCc3cccc(C(=O)N4CCc5ccccc5C4)c3)n2)CC1. The molecule has 0 radical (unpaired) electrons. The number of amides is 1. The number of aromatic nitrogens is 2. The molecule has 4 aromatic rings. The molecular formula is C34H33ClN4O2S. The molecule has 0 aliphatic carbocycles. The van der Waals surface area contributed by atoms with Crippen molar-refractivity contribution in [3.05, 3.63) is 118 Å². The highest BCUT2D eigenvalue weighted by Gasteiger charge is 2.40. The Morgan fingerprint density at radius 3 is 2.38 bits per heavy atom. The van der Waals surface area contributed by atoms with E-state index in [1.165, 1.54) is 22.9 Å². The minimum Gasteiger partial charge on any atom is -0.356 e. The number of hydrogen-bond donors (Lipinski definition) is 0. The molecule has 214 valence electrons. The number of piperidine rings is 1. The molecule has 0 N–H and O–H groups in total. The first-order valence-corrected chi connectivity index (χ1v) is 15.7. The molecule has 2 aliphatic heterocycles. The third kappa shape index (κ3) is 5.94. The number of hydrogen-bond acceptors (Lipinski definition) is 6. The number of Topliss-reactive ketones (excluding diaryl/α,β-unsaturated/α-hetero) is 1. The second kappa shape index (κ2) is 12.3. The van der Waals surface area contributed by atoms with Gasteiger partial charge >= 0.3 is 0 Å². The van der Waals surface area contributed by atoms with E-state index in [1.807, 2.05) is 53.4 Å². The summed E-state index contributed by atoms with van der Waals surface area (Å²) in [6, 6.07) is 28.0. The Labute approximate surface area is 256 Å². The fourth-order valence-corrected chi connectivity index (χ4v) is 7.15. The summed E-state index contributed by atoms with van der Waals surface area (Å²) in [6.07, 6.45) is 2.32. The van der Waals surface area contributed by atoms with Gasteiger partial charge in [0, 0.05) is 43.6 Å². The molecule has 6 rings (SSSR count). The Bertz CT molecular complexity index is 1600. The number of halogens is 1. The average Bonchev–Trinajstić information content (AvgIpc) is 3.03. The summed E-state index contributed by atoms with van der Waals surface area (Å²) in [4.78, 5) is 39.5. The van der Waals surface area contributed by atoms with E-state index in [1.54, 1.807) is 13.0 Å². The highest BCUT2D eigenvalue weighted by atomic mass is 35.5. The molecule has 42 heavy (non-hydrogen) atoms. The van der Waals surface area contributed by atoms with Crippen molar-refractivity contribution in [2.75, 3.05) is 24.5 Å². The molecule has 1 aromatic heterocycles. The number of carbonyl (C=O) groups is 2. The van der Waals surface area contributed by atoms with E-state index in [2.05, 4.69) is 40.2 Å². The predicted octanol–water partition coefficient (Wildman–Crippen LogP) is 6.75. The largest absolute Gasteiger partial charge is 0.356 e. The third-order valence-electron chi connectivity index (χ3n) is 8.56. The van der Waals surface area contributed by atoms with E-state index in [4.69, 9.17) is 16.6 Å². The number of thioether (sulfide) groups is 1. The van der Waals surface area contributed by atoms with E-state index in [-0.39, 0.29) is 11.7 Å². The van der Waals surface area contributed by atoms with Crippen LogP contribution in [-0.2, 0) is 28.9 Å². The fourth-order valence-electron chi connectivity index (χ4n) is 6.12. The molecule has 3 heterocycles. The van der Waals surface area contributed by atoms with Gasteiger partial charge in [0.05, 0.1) is 5.41 Å². The van der Waals surface area contributed by atoms with E-state index in [0.717, 1.165) is 42.8 Å². The first kappa shape index (κ1) is 28.4. The molecule has 0 spiro atoms. The van der Waals surface area contributed by atoms with Crippen LogP contribution >= 0.6 is 23.4 Å². The summed E-state index contributed by atoms with van der Waals surface area (Å²) in [6.45, 7) is 4.48. The van der Waals surface area contributed by atoms with Crippen LogP contribution in [0.1, 0.15) is 52.4 Å². The molecule has 2 aliphatic rings. The van der Waals surface area contributed by atoms with E-state index < -0.39 is 5.41 Å². The van der Waals surface area contributed by atoms with Gasteiger partial charge in [0.2, 0.25) is 0 Å². The summed E-state index contributed by atoms with van der Waals surface area (Å²) in [5, 5.41) is 0.983. The quantitative estimate of drug-likeness (QED) is 0.134. The van der Waals surface area contributed by atoms with Crippen molar-refractivity contribution < 1.29 is 9.59 Å². The number of nitrogens with zero attached hydrogens (tertiary/aromatic N) is 4. The maximum atomic E-state index is 13.3. The van der Waals surface area contributed by atoms with Crippen molar-refractivity contribution in [2.45, 2.75) is 49.1 Å². The standard InChI is InChI=1S/C34H33ClN4O2S/c1-24(40)34(29-12-3-2-4-13-29)15-18-38(19-16-34)31-21-30(35)36-33(37-31)42-23-25-8-7-11-27(20-25)32(41)39-17-14-26-9-5-6-10-28(26)22-39/h2-13,20-21H,14-19,22-23H2,1H3. The highest BCUT2D eigenvalue weighted by Crippen LogP contribution is 2.38. The van der Waals surface area contributed by atoms with Crippen molar-refractivity contribution in [3.63, 3.8) is 0 Å². The van der Waals surface area contributed by atoms with Gasteiger partial charge in [-0.05, 0) is 60.6 Å². The Kier molecular flexibility index (Phi) is 8.31. The van der Waals surface area contributed by atoms with Crippen LogP contribution in [0.3, 0.4) is 0 Å². The minimum atomic E-state index is -0.466. The van der Waals surface area contributed by atoms with Gasteiger partial charge in [-0.2, -0.15) is 0 Å². The van der Waals surface area contributed by atoms with Gasteiger partial charge in [-0.1, -0.05) is 90.1 Å². The van der Waals surface area contributed by atoms with Gasteiger partial charge < -0.3 is 9.80 Å². The van der Waals surface area contributed by atoms with Crippen LogP contribution in [0.5, 0.6) is 0 Å². The van der Waals surface area contributed by atoms with E-state index in [0.29, 0.717) is 41.3 Å². The third-order valence-corrected chi connectivity index (χ3v) is 9.67. The Balaban J connectivity index is 1.11. The number of rotatable bonds is 7. The van der Waals surface area contributed by atoms with Gasteiger partial charge in [-0.3, -0.25) is 9.59 Å². The van der Waals surface area contributed by atoms with Crippen molar-refractivity contribution in [1.82, 2.24) is 14.9 Å². The van der Waals surface area contributed by atoms with Crippen LogP contribution in [-0.4, -0.2) is 46.2 Å². The molecule has 0 bridgehead atoms. The lowest BCUT2D eigenvalue weighted by molar-refractivity contribution is -0.123. The first-order valence-electron chi connectivity index (χ1n) is 14.4. The maximum absolute atomic E-state index is 13.3. The molecule has 0 saturated carbocycles. The molecular weight excluding hydrogens is 564 g/mol. The number of benzene rings is 3. The second-order valence-electron chi connectivity index (χ2n) is 11.1. The average molecular weight is 597 g/mol. The van der Waals surface area contributed by atoms with Gasteiger partial charge in [0.25, 0.3) is 5.91 Å². The lowest BCUT2D eigenvalue weighted by Gasteiger charge is -2.41. The molecule has 1 fully saturated rings. The van der Waals surface area contributed by atoms with Gasteiger partial charge in [-0.25, -0.2) is 9.97 Å². The topological polar surface area (TPSA) is 66.4 Å². The number of fused-ring (bicyclic) bond motifs is 1. The van der Waals surface area contributed by atoms with Crippen molar-refractivity contribution in [3.8, 4) is 0 Å². The molecule has 8 heteroatoms. The monoisotopic (exact) mass is 596 g/mol. The van der Waals surface area contributed by atoms with Crippen molar-refractivity contribution in [1.29, 1.82) is 0 Å². The summed E-state index contributed by atoms with van der Waals surface area (Å²) in [5.74, 6) is 1.65. The maximum Gasteiger partial charge on any atom is 0.254 e. The van der Waals surface area contributed by atoms with E-state index >= 15 is 0 Å². The lowest BCUT2D eigenvalue weighted by atomic mass is 9.70. The lowest BCUT2D eigenvalue weighted by Crippen LogP contribution is -2.47. The zero-order valence-corrected chi connectivity index (χ0v) is 25.2. The highest BCUT2D eigenvalue weighted by molar-refractivity contribution is 7.98. The summed E-state index contributed by atoms with van der Waals surface area (Å²) < 4.78 is 0. The molecule has 0 atom stereocenters. The van der Waals surface area contributed by atoms with E-state index in [9.17, 15) is 9.59 Å². The predicted molar refractivity (Wildman–Crippen MR) is 168 cm³/mol. The zero-order valence-electron chi connectivity index (χ0n) is 23.6. The molecule has 3 aromatic carbocycles. The fraction of sp³-hybridized carbons (Fsp3) is 0.294. The number of carbonyl (C=O) groups excluding carboxylic acids is 2. The number of anilines is 1. The summed E-state index contributed by atoms with van der Waals surface area (Å²) >= 11 is 7.95. The Morgan fingerprint density at radius 1 is 0.881 bits per heavy atom. The van der Waals surface area contributed by atoms with Crippen LogP contribution in [0.4, 0.5) is 5.82 Å². The molecule has 0 unspecified atom stereocenters. The first-order chi connectivity index (χ1) is 20.4. The normalized spacial score (nSPS) is 16.1. The van der Waals surface area contributed by atoms with Crippen LogP contribution in [0, 0.1) is 0 Å². The van der Waals surface area contributed by atoms with Crippen LogP contribution in [0.15, 0.2) is 90.1 Å². The molecule has 6 nitrogen and oxygen atoms in total. The molecule has 1 saturated heterocycles. The van der Waals surface area contributed by atoms with Crippen LogP contribution in [0.25, 0.3) is 0 Å². The van der Waals surface area contributed by atoms with Crippen LogP contribution in [0.2, 0.25) is 5.15 Å². The Hall–Kier alpha value is -3.68. The van der Waals surface area contributed by atoms with Gasteiger partial charge in [-0.15, -0.1) is 0 Å². The minimum absolute atomic E-state index is 0.0554. The smallest absolute Gasteiger partial charge is 0.254 e. The van der Waals surface area contributed by atoms with Crippen LogP contribution < -0.4 is 4.90 Å². The number of ketones is 1. The van der Waals surface area contributed by atoms with Gasteiger partial charge in [0.1, 0.15) is 16.8 Å². The van der Waals surface area contributed by atoms with Crippen molar-refractivity contribution >= 4 is 40.9 Å².